The first-order valence-electron chi connectivity index (χ1n) is 5.80. The van der Waals surface area contributed by atoms with Crippen molar-refractivity contribution in [3.05, 3.63) is 39.7 Å². The molecule has 0 aliphatic rings. The number of nitrogens with two attached hydrogens (primary N) is 1. The van der Waals surface area contributed by atoms with Crippen LogP contribution in [0.4, 0.5) is 10.1 Å². The molecule has 0 aliphatic heterocycles. The summed E-state index contributed by atoms with van der Waals surface area (Å²) in [5.74, 6) is -2.47. The maximum absolute atomic E-state index is 13.2. The third-order valence-electron chi connectivity index (χ3n) is 2.74. The second-order valence-electron chi connectivity index (χ2n) is 4.24. The number of carbonyl (C=O) groups is 1. The van der Waals surface area contributed by atoms with E-state index in [9.17, 15) is 19.3 Å². The van der Waals surface area contributed by atoms with E-state index in [1.807, 2.05) is 0 Å². The first-order chi connectivity index (χ1) is 8.93. The molecule has 0 aromatic heterocycles. The molecule has 0 fully saturated rings. The van der Waals surface area contributed by atoms with Crippen molar-refractivity contribution in [2.45, 2.75) is 19.3 Å². The summed E-state index contributed by atoms with van der Waals surface area (Å²) in [4.78, 5) is 20.9. The van der Waals surface area contributed by atoms with Crippen molar-refractivity contribution in [2.24, 2.45) is 11.7 Å². The summed E-state index contributed by atoms with van der Waals surface area (Å²) in [6, 6.07) is 3.12. The summed E-state index contributed by atoms with van der Waals surface area (Å²) in [5, 5.41) is 19.6. The van der Waals surface area contributed by atoms with Crippen LogP contribution in [0.25, 0.3) is 0 Å². The molecule has 0 amide bonds. The minimum absolute atomic E-state index is 0.0495. The van der Waals surface area contributed by atoms with E-state index in [0.717, 1.165) is 12.1 Å². The zero-order valence-corrected chi connectivity index (χ0v) is 10.2. The molecule has 1 unspecified atom stereocenters. The van der Waals surface area contributed by atoms with Gasteiger partial charge in [-0.25, -0.2) is 4.39 Å². The number of rotatable bonds is 7. The number of carboxylic acid groups (broad SMARTS) is 1. The van der Waals surface area contributed by atoms with Crippen molar-refractivity contribution in [3.8, 4) is 0 Å². The first-order valence-corrected chi connectivity index (χ1v) is 5.80. The second kappa shape index (κ2) is 6.79. The monoisotopic (exact) mass is 270 g/mol. The molecule has 7 heteroatoms. The molecule has 19 heavy (non-hydrogen) atoms. The van der Waals surface area contributed by atoms with Gasteiger partial charge in [-0.15, -0.1) is 0 Å². The van der Waals surface area contributed by atoms with Gasteiger partial charge in [0.05, 0.1) is 16.9 Å². The quantitative estimate of drug-likeness (QED) is 0.579. The number of aliphatic carboxylic acids is 1. The Labute approximate surface area is 109 Å². The van der Waals surface area contributed by atoms with E-state index < -0.39 is 22.6 Å². The van der Waals surface area contributed by atoms with Gasteiger partial charge in [-0.2, -0.15) is 0 Å². The van der Waals surface area contributed by atoms with Crippen molar-refractivity contribution in [1.82, 2.24) is 0 Å². The molecule has 0 saturated carbocycles. The SMILES string of the molecule is NCCCC(Cc1cc(F)cc([N+](=O)[O-])c1)C(=O)O. The summed E-state index contributed by atoms with van der Waals surface area (Å²) in [6.45, 7) is 0.368. The minimum atomic E-state index is -1.01. The summed E-state index contributed by atoms with van der Waals surface area (Å²) < 4.78 is 13.2. The van der Waals surface area contributed by atoms with Crippen molar-refractivity contribution in [3.63, 3.8) is 0 Å². The first kappa shape index (κ1) is 15.0. The Kier molecular flexibility index (Phi) is 5.37. The summed E-state index contributed by atoms with van der Waals surface area (Å²) in [5.41, 5.74) is 5.24. The Morgan fingerprint density at radius 1 is 1.47 bits per heavy atom. The van der Waals surface area contributed by atoms with Crippen LogP contribution in [0, 0.1) is 21.8 Å². The van der Waals surface area contributed by atoms with Crippen molar-refractivity contribution in [2.75, 3.05) is 6.54 Å². The lowest BCUT2D eigenvalue weighted by Gasteiger charge is -2.11. The van der Waals surface area contributed by atoms with Gasteiger partial charge in [-0.05, 0) is 37.4 Å². The average molecular weight is 270 g/mol. The van der Waals surface area contributed by atoms with Crippen LogP contribution >= 0.6 is 0 Å². The lowest BCUT2D eigenvalue weighted by Crippen LogP contribution is -2.18. The summed E-state index contributed by atoms with van der Waals surface area (Å²) in [7, 11) is 0. The van der Waals surface area contributed by atoms with E-state index in [-0.39, 0.29) is 12.1 Å². The van der Waals surface area contributed by atoms with Crippen LogP contribution in [0.3, 0.4) is 0 Å². The van der Waals surface area contributed by atoms with E-state index in [2.05, 4.69) is 0 Å². The number of hydrogen-bond acceptors (Lipinski definition) is 4. The molecule has 1 atom stereocenters. The van der Waals surface area contributed by atoms with Crippen LogP contribution in [-0.2, 0) is 11.2 Å². The van der Waals surface area contributed by atoms with Gasteiger partial charge in [-0.1, -0.05) is 0 Å². The third-order valence-corrected chi connectivity index (χ3v) is 2.74. The highest BCUT2D eigenvalue weighted by Crippen LogP contribution is 2.21. The van der Waals surface area contributed by atoms with E-state index >= 15 is 0 Å². The van der Waals surface area contributed by atoms with Crippen molar-refractivity contribution < 1.29 is 19.2 Å². The van der Waals surface area contributed by atoms with Crippen LogP contribution in [0.15, 0.2) is 18.2 Å². The number of nitro groups is 1. The Morgan fingerprint density at radius 2 is 2.16 bits per heavy atom. The average Bonchev–Trinajstić information content (AvgIpc) is 2.33. The molecule has 1 rings (SSSR count). The highest BCUT2D eigenvalue weighted by molar-refractivity contribution is 5.70. The van der Waals surface area contributed by atoms with Crippen LogP contribution in [-0.4, -0.2) is 22.5 Å². The van der Waals surface area contributed by atoms with Crippen LogP contribution in [0.1, 0.15) is 18.4 Å². The van der Waals surface area contributed by atoms with Gasteiger partial charge in [0.1, 0.15) is 5.82 Å². The smallest absolute Gasteiger partial charge is 0.306 e. The van der Waals surface area contributed by atoms with E-state index in [4.69, 9.17) is 10.8 Å². The number of benzene rings is 1. The molecule has 104 valence electrons. The van der Waals surface area contributed by atoms with Crippen LogP contribution < -0.4 is 5.73 Å². The molecule has 0 heterocycles. The second-order valence-corrected chi connectivity index (χ2v) is 4.24. The zero-order chi connectivity index (χ0) is 14.4. The predicted octanol–water partition coefficient (Wildman–Crippen LogP) is 1.72. The minimum Gasteiger partial charge on any atom is -0.481 e. The maximum atomic E-state index is 13.2. The van der Waals surface area contributed by atoms with Gasteiger partial charge in [0.15, 0.2) is 0 Å². The molecule has 6 nitrogen and oxygen atoms in total. The Balaban J connectivity index is 2.89. The normalized spacial score (nSPS) is 12.1. The lowest BCUT2D eigenvalue weighted by atomic mass is 9.94. The van der Waals surface area contributed by atoms with Crippen LogP contribution in [0.5, 0.6) is 0 Å². The highest BCUT2D eigenvalue weighted by atomic mass is 19.1. The van der Waals surface area contributed by atoms with E-state index in [1.165, 1.54) is 6.07 Å². The molecule has 0 spiro atoms. The number of nitro benzene ring substituents is 1. The van der Waals surface area contributed by atoms with Gasteiger partial charge >= 0.3 is 5.97 Å². The molecule has 3 N–H and O–H groups in total. The van der Waals surface area contributed by atoms with Gasteiger partial charge in [0.25, 0.3) is 5.69 Å². The molecular weight excluding hydrogens is 255 g/mol. The van der Waals surface area contributed by atoms with E-state index in [0.29, 0.717) is 24.9 Å². The van der Waals surface area contributed by atoms with Gasteiger partial charge in [-0.3, -0.25) is 14.9 Å². The Hall–Kier alpha value is -2.02. The van der Waals surface area contributed by atoms with Gasteiger partial charge < -0.3 is 10.8 Å². The molecule has 0 saturated heterocycles. The number of carboxylic acids is 1. The number of non-ortho nitro benzene ring substituents is 1. The Bertz CT molecular complexity index is 479. The van der Waals surface area contributed by atoms with Crippen molar-refractivity contribution >= 4 is 11.7 Å². The maximum Gasteiger partial charge on any atom is 0.306 e. The highest BCUT2D eigenvalue weighted by Gasteiger charge is 2.19. The largest absolute Gasteiger partial charge is 0.481 e. The number of hydrogen-bond donors (Lipinski definition) is 2. The standard InChI is InChI=1S/C12H15FN2O4/c13-10-5-8(6-11(7-10)15(18)19)4-9(12(16)17)2-1-3-14/h5-7,9H,1-4,14H2,(H,16,17). The van der Waals surface area contributed by atoms with Crippen LogP contribution in [0.2, 0.25) is 0 Å². The lowest BCUT2D eigenvalue weighted by molar-refractivity contribution is -0.385. The van der Waals surface area contributed by atoms with E-state index in [1.54, 1.807) is 0 Å². The fourth-order valence-electron chi connectivity index (χ4n) is 1.82. The molecular formula is C12H15FN2O4. The topological polar surface area (TPSA) is 106 Å². The van der Waals surface area contributed by atoms with Gasteiger partial charge in [0.2, 0.25) is 0 Å². The number of nitrogens with zero attached hydrogens (tertiary/aromatic N) is 1. The fraction of sp³-hybridized carbons (Fsp3) is 0.417. The molecule has 0 radical (unpaired) electrons. The predicted molar refractivity (Wildman–Crippen MR) is 66.2 cm³/mol. The third kappa shape index (κ3) is 4.63. The molecule has 1 aromatic rings. The Morgan fingerprint density at radius 3 is 2.68 bits per heavy atom. The summed E-state index contributed by atoms with van der Waals surface area (Å²) >= 11 is 0. The summed E-state index contributed by atoms with van der Waals surface area (Å²) in [6.07, 6.45) is 0.943. The van der Waals surface area contributed by atoms with Crippen molar-refractivity contribution in [1.29, 1.82) is 0 Å². The number of halogens is 1. The molecule has 1 aromatic carbocycles. The zero-order valence-electron chi connectivity index (χ0n) is 10.2. The molecule has 0 aliphatic carbocycles. The van der Waals surface area contributed by atoms with Gasteiger partial charge in [0, 0.05) is 6.07 Å². The fourth-order valence-corrected chi connectivity index (χ4v) is 1.82. The molecule has 0 bridgehead atoms.